The molecular formula is C17H21N3O. The topological polar surface area (TPSA) is 62.4 Å². The number of benzene rings is 1. The summed E-state index contributed by atoms with van der Waals surface area (Å²) in [5.74, 6) is 1.19. The second-order valence-corrected chi connectivity index (χ2v) is 5.40. The van der Waals surface area contributed by atoms with Gasteiger partial charge in [-0.15, -0.1) is 0 Å². The van der Waals surface area contributed by atoms with E-state index in [2.05, 4.69) is 17.9 Å². The summed E-state index contributed by atoms with van der Waals surface area (Å²) >= 11 is 0. The molecule has 21 heavy (non-hydrogen) atoms. The van der Waals surface area contributed by atoms with E-state index in [4.69, 9.17) is 10.7 Å². The Morgan fingerprint density at radius 3 is 2.86 bits per heavy atom. The molecule has 0 saturated carbocycles. The Kier molecular flexibility index (Phi) is 3.80. The number of aromatic hydroxyl groups is 1. The van der Waals surface area contributed by atoms with Crippen LogP contribution in [-0.4, -0.2) is 16.6 Å². The lowest BCUT2D eigenvalue weighted by molar-refractivity contribution is 0.475. The van der Waals surface area contributed by atoms with E-state index in [-0.39, 0.29) is 5.75 Å². The zero-order valence-corrected chi connectivity index (χ0v) is 12.3. The second kappa shape index (κ2) is 5.74. The molecule has 1 aliphatic rings. The molecule has 1 heterocycles. The average Bonchev–Trinajstić information content (AvgIpc) is 2.94. The van der Waals surface area contributed by atoms with Gasteiger partial charge in [-0.05, 0) is 49.9 Å². The zero-order chi connectivity index (χ0) is 14.8. The molecule has 2 aromatic rings. The molecule has 3 N–H and O–H groups in total. The number of rotatable bonds is 4. The molecule has 0 amide bonds. The van der Waals surface area contributed by atoms with Crippen LogP contribution in [0.3, 0.4) is 0 Å². The fourth-order valence-corrected chi connectivity index (χ4v) is 3.01. The summed E-state index contributed by atoms with van der Waals surface area (Å²) in [4.78, 5) is 6.98. The van der Waals surface area contributed by atoms with Crippen LogP contribution in [0.25, 0.3) is 0 Å². The van der Waals surface area contributed by atoms with E-state index >= 15 is 0 Å². The maximum Gasteiger partial charge on any atom is 0.137 e. The maximum absolute atomic E-state index is 9.71. The van der Waals surface area contributed by atoms with Gasteiger partial charge in [0.25, 0.3) is 0 Å². The van der Waals surface area contributed by atoms with Gasteiger partial charge in [-0.2, -0.15) is 0 Å². The predicted molar refractivity (Wildman–Crippen MR) is 84.9 cm³/mol. The normalized spacial score (nSPS) is 13.2. The van der Waals surface area contributed by atoms with E-state index in [0.717, 1.165) is 36.5 Å². The van der Waals surface area contributed by atoms with Crippen molar-refractivity contribution in [3.8, 4) is 5.75 Å². The van der Waals surface area contributed by atoms with E-state index in [1.54, 1.807) is 12.1 Å². The zero-order valence-electron chi connectivity index (χ0n) is 12.3. The number of hydrogen-bond donors (Lipinski definition) is 2. The SMILES string of the molecule is CCN(c1cccc(O)c1)c1nc2c(cc1CN)CCC2. The number of fused-ring (bicyclic) bond motifs is 1. The van der Waals surface area contributed by atoms with Gasteiger partial charge in [0.15, 0.2) is 0 Å². The Morgan fingerprint density at radius 1 is 1.29 bits per heavy atom. The maximum atomic E-state index is 9.71. The van der Waals surface area contributed by atoms with Crippen molar-refractivity contribution in [1.82, 2.24) is 4.98 Å². The molecule has 1 aromatic heterocycles. The number of aromatic nitrogens is 1. The number of nitrogens with two attached hydrogens (primary N) is 1. The van der Waals surface area contributed by atoms with Crippen molar-refractivity contribution in [2.24, 2.45) is 5.73 Å². The molecule has 0 aliphatic heterocycles. The van der Waals surface area contributed by atoms with E-state index in [1.165, 1.54) is 17.7 Å². The first kappa shape index (κ1) is 13.9. The molecule has 1 aliphatic carbocycles. The van der Waals surface area contributed by atoms with E-state index < -0.39 is 0 Å². The van der Waals surface area contributed by atoms with Crippen LogP contribution in [0.4, 0.5) is 11.5 Å². The van der Waals surface area contributed by atoms with Crippen molar-refractivity contribution < 1.29 is 5.11 Å². The molecule has 0 atom stereocenters. The summed E-state index contributed by atoms with van der Waals surface area (Å²) < 4.78 is 0. The molecule has 3 rings (SSSR count). The molecule has 4 heteroatoms. The monoisotopic (exact) mass is 283 g/mol. The van der Waals surface area contributed by atoms with Crippen molar-refractivity contribution in [3.63, 3.8) is 0 Å². The lowest BCUT2D eigenvalue weighted by atomic mass is 10.1. The lowest BCUT2D eigenvalue weighted by Crippen LogP contribution is -2.21. The largest absolute Gasteiger partial charge is 0.508 e. The fraction of sp³-hybridized carbons (Fsp3) is 0.353. The quantitative estimate of drug-likeness (QED) is 0.905. The number of aryl methyl sites for hydroxylation is 2. The average molecular weight is 283 g/mol. The highest BCUT2D eigenvalue weighted by atomic mass is 16.3. The lowest BCUT2D eigenvalue weighted by Gasteiger charge is -2.25. The predicted octanol–water partition coefficient (Wildman–Crippen LogP) is 2.89. The van der Waals surface area contributed by atoms with Crippen molar-refractivity contribution in [2.75, 3.05) is 11.4 Å². The smallest absolute Gasteiger partial charge is 0.137 e. The minimum atomic E-state index is 0.265. The molecule has 0 spiro atoms. The van der Waals surface area contributed by atoms with Crippen LogP contribution in [0.2, 0.25) is 0 Å². The first-order chi connectivity index (χ1) is 10.2. The van der Waals surface area contributed by atoms with E-state index in [0.29, 0.717) is 6.54 Å². The third kappa shape index (κ3) is 2.59. The van der Waals surface area contributed by atoms with Gasteiger partial charge in [-0.1, -0.05) is 6.07 Å². The molecule has 4 nitrogen and oxygen atoms in total. The van der Waals surface area contributed by atoms with Crippen molar-refractivity contribution in [1.29, 1.82) is 0 Å². The molecule has 1 aromatic carbocycles. The summed E-state index contributed by atoms with van der Waals surface area (Å²) in [5, 5.41) is 9.71. The van der Waals surface area contributed by atoms with Crippen LogP contribution in [-0.2, 0) is 19.4 Å². The minimum absolute atomic E-state index is 0.265. The Morgan fingerprint density at radius 2 is 2.14 bits per heavy atom. The minimum Gasteiger partial charge on any atom is -0.508 e. The van der Waals surface area contributed by atoms with Crippen molar-refractivity contribution in [3.05, 3.63) is 47.2 Å². The highest BCUT2D eigenvalue weighted by Crippen LogP contribution is 2.32. The first-order valence-electron chi connectivity index (χ1n) is 7.51. The number of nitrogens with zero attached hydrogens (tertiary/aromatic N) is 2. The summed E-state index contributed by atoms with van der Waals surface area (Å²) in [6.07, 6.45) is 3.33. The molecule has 110 valence electrons. The molecule has 0 bridgehead atoms. The van der Waals surface area contributed by atoms with Gasteiger partial charge in [-0.3, -0.25) is 0 Å². The summed E-state index contributed by atoms with van der Waals surface area (Å²) in [5.41, 5.74) is 10.5. The Hall–Kier alpha value is -2.07. The summed E-state index contributed by atoms with van der Waals surface area (Å²) in [6.45, 7) is 3.34. The van der Waals surface area contributed by atoms with Crippen LogP contribution in [0, 0.1) is 0 Å². The van der Waals surface area contributed by atoms with Crippen molar-refractivity contribution in [2.45, 2.75) is 32.7 Å². The second-order valence-electron chi connectivity index (χ2n) is 5.40. The number of phenolic OH excluding ortho intramolecular Hbond substituents is 1. The molecular weight excluding hydrogens is 262 g/mol. The van der Waals surface area contributed by atoms with Gasteiger partial charge >= 0.3 is 0 Å². The van der Waals surface area contributed by atoms with Gasteiger partial charge < -0.3 is 15.7 Å². The summed E-state index contributed by atoms with van der Waals surface area (Å²) in [7, 11) is 0. The van der Waals surface area contributed by atoms with Gasteiger partial charge in [0.1, 0.15) is 11.6 Å². The fourth-order valence-electron chi connectivity index (χ4n) is 3.01. The first-order valence-corrected chi connectivity index (χ1v) is 7.51. The Bertz CT molecular complexity index is 654. The molecule has 0 fully saturated rings. The summed E-state index contributed by atoms with van der Waals surface area (Å²) in [6, 6.07) is 9.48. The van der Waals surface area contributed by atoms with Gasteiger partial charge in [0, 0.05) is 36.1 Å². The highest BCUT2D eigenvalue weighted by Gasteiger charge is 2.19. The van der Waals surface area contributed by atoms with Gasteiger partial charge in [0.05, 0.1) is 0 Å². The van der Waals surface area contributed by atoms with Crippen molar-refractivity contribution >= 4 is 11.5 Å². The third-order valence-corrected chi connectivity index (χ3v) is 4.04. The Balaban J connectivity index is 2.08. The number of pyridine rings is 1. The van der Waals surface area contributed by atoms with Crippen LogP contribution >= 0.6 is 0 Å². The number of hydrogen-bond acceptors (Lipinski definition) is 4. The van der Waals surface area contributed by atoms with Gasteiger partial charge in [-0.25, -0.2) is 4.98 Å². The van der Waals surface area contributed by atoms with Gasteiger partial charge in [0.2, 0.25) is 0 Å². The standard InChI is InChI=1S/C17H21N3O/c1-2-20(14-6-4-7-15(21)10-14)17-13(11-18)9-12-5-3-8-16(12)19-17/h4,6-7,9-10,21H,2-3,5,8,11,18H2,1H3. The number of phenols is 1. The number of anilines is 2. The Labute approximate surface area is 125 Å². The highest BCUT2D eigenvalue weighted by molar-refractivity contribution is 5.65. The van der Waals surface area contributed by atoms with Crippen LogP contribution < -0.4 is 10.6 Å². The van der Waals surface area contributed by atoms with Crippen LogP contribution in [0.15, 0.2) is 30.3 Å². The van der Waals surface area contributed by atoms with E-state index in [9.17, 15) is 5.11 Å². The van der Waals surface area contributed by atoms with E-state index in [1.807, 2.05) is 12.1 Å². The third-order valence-electron chi connectivity index (χ3n) is 4.04. The molecule has 0 saturated heterocycles. The van der Waals surface area contributed by atoms with Crippen LogP contribution in [0.1, 0.15) is 30.2 Å². The van der Waals surface area contributed by atoms with Crippen LogP contribution in [0.5, 0.6) is 5.75 Å². The molecule has 0 radical (unpaired) electrons. The molecule has 0 unspecified atom stereocenters.